The highest BCUT2D eigenvalue weighted by Crippen LogP contribution is 2.32. The Balaban J connectivity index is 2.18. The largest absolute Gasteiger partial charge is 0.479 e. The molecule has 0 aliphatic rings. The molecule has 2 rings (SSSR count). The smallest absolute Gasteiger partial charge is 0.416 e. The van der Waals surface area contributed by atoms with Crippen molar-refractivity contribution in [2.45, 2.75) is 45.1 Å². The zero-order valence-electron chi connectivity index (χ0n) is 18.3. The van der Waals surface area contributed by atoms with Gasteiger partial charge in [0.05, 0.1) is 5.56 Å². The number of halogens is 3. The molecular formula is C23H26F3NO5. The Morgan fingerprint density at radius 1 is 1.09 bits per heavy atom. The van der Waals surface area contributed by atoms with Gasteiger partial charge in [-0.1, -0.05) is 18.2 Å². The molecule has 0 saturated heterocycles. The Morgan fingerprint density at radius 2 is 1.72 bits per heavy atom. The molecule has 1 amide bonds. The van der Waals surface area contributed by atoms with E-state index in [4.69, 9.17) is 14.6 Å². The molecule has 1 atom stereocenters. The molecule has 6 nitrogen and oxygen atoms in total. The van der Waals surface area contributed by atoms with Gasteiger partial charge in [-0.2, -0.15) is 13.2 Å². The molecule has 0 saturated carbocycles. The lowest BCUT2D eigenvalue weighted by molar-refractivity contribution is -0.148. The number of benzene rings is 2. The molecule has 0 heterocycles. The summed E-state index contributed by atoms with van der Waals surface area (Å²) in [4.78, 5) is 25.5. The van der Waals surface area contributed by atoms with E-state index in [1.165, 1.54) is 38.0 Å². The first-order valence-electron chi connectivity index (χ1n) is 9.91. The number of carboxylic acid groups (broad SMARTS) is 1. The average Bonchev–Trinajstić information content (AvgIpc) is 2.72. The summed E-state index contributed by atoms with van der Waals surface area (Å²) >= 11 is 0. The second kappa shape index (κ2) is 10.0. The standard InChI is InChI=1S/C23H26F3NO5/c1-5-27(17-8-6-7-16(14-17)23(24,25)26)21(30)22(2,3)32-18-11-9-15(10-12-18)13-19(31-4)20(28)29/h6-12,14,19H,5,13H2,1-4H3,(H,28,29). The van der Waals surface area contributed by atoms with E-state index >= 15 is 0 Å². The topological polar surface area (TPSA) is 76.1 Å². The highest BCUT2D eigenvalue weighted by Gasteiger charge is 2.36. The van der Waals surface area contributed by atoms with E-state index in [0.29, 0.717) is 11.3 Å². The predicted molar refractivity (Wildman–Crippen MR) is 113 cm³/mol. The van der Waals surface area contributed by atoms with Crippen molar-refractivity contribution >= 4 is 17.6 Å². The molecule has 2 aromatic rings. The molecule has 0 aromatic heterocycles. The van der Waals surface area contributed by atoms with Crippen LogP contribution in [0.2, 0.25) is 0 Å². The summed E-state index contributed by atoms with van der Waals surface area (Å²) in [5.74, 6) is -1.22. The first-order chi connectivity index (χ1) is 14.9. The van der Waals surface area contributed by atoms with E-state index in [1.807, 2.05) is 0 Å². The van der Waals surface area contributed by atoms with Crippen molar-refractivity contribution < 1.29 is 37.3 Å². The number of hydrogen-bond donors (Lipinski definition) is 1. The lowest BCUT2D eigenvalue weighted by atomic mass is 10.1. The Hall–Kier alpha value is -3.07. The number of anilines is 1. The minimum atomic E-state index is -4.52. The fourth-order valence-corrected chi connectivity index (χ4v) is 3.14. The monoisotopic (exact) mass is 453 g/mol. The van der Waals surface area contributed by atoms with Crippen molar-refractivity contribution in [3.63, 3.8) is 0 Å². The number of carboxylic acids is 1. The van der Waals surface area contributed by atoms with Crippen molar-refractivity contribution in [1.82, 2.24) is 0 Å². The Kier molecular flexibility index (Phi) is 7.90. The van der Waals surface area contributed by atoms with E-state index < -0.39 is 35.3 Å². The summed E-state index contributed by atoms with van der Waals surface area (Å²) in [7, 11) is 1.31. The summed E-state index contributed by atoms with van der Waals surface area (Å²) in [6.45, 7) is 4.88. The number of likely N-dealkylation sites (N-methyl/N-ethyl adjacent to an activating group) is 1. The molecule has 0 bridgehead atoms. The van der Waals surface area contributed by atoms with Crippen LogP contribution >= 0.6 is 0 Å². The van der Waals surface area contributed by atoms with E-state index in [-0.39, 0.29) is 18.7 Å². The van der Waals surface area contributed by atoms with Gasteiger partial charge < -0.3 is 19.5 Å². The Morgan fingerprint density at radius 3 is 2.22 bits per heavy atom. The van der Waals surface area contributed by atoms with Gasteiger partial charge in [-0.3, -0.25) is 4.79 Å². The summed E-state index contributed by atoms with van der Waals surface area (Å²) in [6, 6.07) is 11.1. The van der Waals surface area contributed by atoms with E-state index in [9.17, 15) is 22.8 Å². The molecule has 1 unspecified atom stereocenters. The number of methoxy groups -OCH3 is 1. The lowest BCUT2D eigenvalue weighted by Gasteiger charge is -2.32. The number of ether oxygens (including phenoxy) is 2. The van der Waals surface area contributed by atoms with Gasteiger partial charge in [0.25, 0.3) is 5.91 Å². The second-order valence-electron chi connectivity index (χ2n) is 7.62. The van der Waals surface area contributed by atoms with Crippen LogP contribution in [0.3, 0.4) is 0 Å². The van der Waals surface area contributed by atoms with E-state index in [2.05, 4.69) is 0 Å². The van der Waals surface area contributed by atoms with Crippen molar-refractivity contribution in [2.75, 3.05) is 18.6 Å². The summed E-state index contributed by atoms with van der Waals surface area (Å²) in [5.41, 5.74) is -1.39. The normalized spacial score (nSPS) is 12.8. The summed E-state index contributed by atoms with van der Waals surface area (Å²) in [5, 5.41) is 9.08. The van der Waals surface area contributed by atoms with Crippen molar-refractivity contribution in [2.24, 2.45) is 0 Å². The predicted octanol–water partition coefficient (Wildman–Crippen LogP) is 4.56. The van der Waals surface area contributed by atoms with Crippen LogP contribution in [-0.2, 0) is 26.9 Å². The van der Waals surface area contributed by atoms with Crippen LogP contribution < -0.4 is 9.64 Å². The highest BCUT2D eigenvalue weighted by atomic mass is 19.4. The highest BCUT2D eigenvalue weighted by molar-refractivity contribution is 5.99. The summed E-state index contributed by atoms with van der Waals surface area (Å²) < 4.78 is 50.0. The minimum absolute atomic E-state index is 0.124. The maximum atomic E-state index is 13.1. The van der Waals surface area contributed by atoms with Crippen LogP contribution in [0, 0.1) is 0 Å². The number of carbonyl (C=O) groups excluding carboxylic acids is 1. The van der Waals surface area contributed by atoms with Crippen LogP contribution in [0.15, 0.2) is 48.5 Å². The van der Waals surface area contributed by atoms with E-state index in [1.54, 1.807) is 31.2 Å². The Bertz CT molecular complexity index is 941. The van der Waals surface area contributed by atoms with Gasteiger partial charge in [0, 0.05) is 25.8 Å². The van der Waals surface area contributed by atoms with Crippen LogP contribution in [0.4, 0.5) is 18.9 Å². The molecule has 0 fully saturated rings. The molecular weight excluding hydrogens is 427 g/mol. The number of hydrogen-bond acceptors (Lipinski definition) is 4. The zero-order chi connectivity index (χ0) is 24.1. The lowest BCUT2D eigenvalue weighted by Crippen LogP contribution is -2.49. The maximum Gasteiger partial charge on any atom is 0.416 e. The number of carbonyl (C=O) groups is 2. The molecule has 174 valence electrons. The van der Waals surface area contributed by atoms with Gasteiger partial charge in [0.15, 0.2) is 11.7 Å². The average molecular weight is 453 g/mol. The fourth-order valence-electron chi connectivity index (χ4n) is 3.14. The summed E-state index contributed by atoms with van der Waals surface area (Å²) in [6.07, 6.45) is -5.34. The third-order valence-corrected chi connectivity index (χ3v) is 4.84. The van der Waals surface area contributed by atoms with Gasteiger partial charge in [-0.15, -0.1) is 0 Å². The maximum absolute atomic E-state index is 13.1. The van der Waals surface area contributed by atoms with Crippen molar-refractivity contribution in [3.8, 4) is 5.75 Å². The molecule has 0 aliphatic carbocycles. The van der Waals surface area contributed by atoms with Gasteiger partial charge >= 0.3 is 12.1 Å². The van der Waals surface area contributed by atoms with Gasteiger partial charge in [0.2, 0.25) is 0 Å². The molecule has 0 aliphatic heterocycles. The number of nitrogens with zero attached hydrogens (tertiary/aromatic N) is 1. The molecule has 32 heavy (non-hydrogen) atoms. The second-order valence-corrected chi connectivity index (χ2v) is 7.62. The fraction of sp³-hybridized carbons (Fsp3) is 0.391. The van der Waals surface area contributed by atoms with Gasteiger partial charge in [-0.25, -0.2) is 4.79 Å². The third-order valence-electron chi connectivity index (χ3n) is 4.84. The van der Waals surface area contributed by atoms with Gasteiger partial charge in [-0.05, 0) is 56.7 Å². The number of alkyl halides is 3. The number of rotatable bonds is 9. The zero-order valence-corrected chi connectivity index (χ0v) is 18.3. The number of aliphatic carboxylic acids is 1. The van der Waals surface area contributed by atoms with Crippen LogP contribution in [-0.4, -0.2) is 42.3 Å². The molecule has 1 N–H and O–H groups in total. The van der Waals surface area contributed by atoms with Crippen LogP contribution in [0.5, 0.6) is 5.75 Å². The van der Waals surface area contributed by atoms with Crippen molar-refractivity contribution in [1.29, 1.82) is 0 Å². The molecule has 0 spiro atoms. The minimum Gasteiger partial charge on any atom is -0.479 e. The van der Waals surface area contributed by atoms with Crippen LogP contribution in [0.25, 0.3) is 0 Å². The van der Waals surface area contributed by atoms with E-state index in [0.717, 1.165) is 12.1 Å². The molecule has 9 heteroatoms. The quantitative estimate of drug-likeness (QED) is 0.603. The Labute approximate surface area is 184 Å². The first kappa shape index (κ1) is 25.2. The molecule has 2 aromatic carbocycles. The van der Waals surface area contributed by atoms with Crippen LogP contribution in [0.1, 0.15) is 31.9 Å². The first-order valence-corrected chi connectivity index (χ1v) is 9.91. The van der Waals surface area contributed by atoms with Crippen molar-refractivity contribution in [3.05, 3.63) is 59.7 Å². The molecule has 0 radical (unpaired) electrons. The van der Waals surface area contributed by atoms with Gasteiger partial charge in [0.1, 0.15) is 5.75 Å². The number of amides is 1. The SMILES string of the molecule is CCN(C(=O)C(C)(C)Oc1ccc(CC(OC)C(=O)O)cc1)c1cccc(C(F)(F)F)c1. The third kappa shape index (κ3) is 6.23.